The highest BCUT2D eigenvalue weighted by atomic mass is 79.9. The minimum Gasteiger partial charge on any atom is -0.350 e. The van der Waals surface area contributed by atoms with E-state index in [9.17, 15) is 18.0 Å². The van der Waals surface area contributed by atoms with Crippen molar-refractivity contribution in [1.29, 1.82) is 0 Å². The average molecular weight is 481 g/mol. The van der Waals surface area contributed by atoms with Gasteiger partial charge in [-0.1, -0.05) is 40.2 Å². The van der Waals surface area contributed by atoms with E-state index in [1.165, 1.54) is 42.5 Å². The average Bonchev–Trinajstić information content (AvgIpc) is 2.68. The van der Waals surface area contributed by atoms with Gasteiger partial charge in [0, 0.05) is 30.0 Å². The van der Waals surface area contributed by atoms with Crippen molar-refractivity contribution in [1.82, 2.24) is 9.62 Å². The number of rotatable bonds is 9. The van der Waals surface area contributed by atoms with Gasteiger partial charge in [-0.15, -0.1) is 0 Å². The Labute approximate surface area is 180 Å². The van der Waals surface area contributed by atoms with E-state index in [1.807, 2.05) is 31.2 Å². The predicted octanol–water partition coefficient (Wildman–Crippen LogP) is 3.93. The van der Waals surface area contributed by atoms with Gasteiger partial charge in [0.2, 0.25) is 15.9 Å². The van der Waals surface area contributed by atoms with Crippen molar-refractivity contribution in [2.24, 2.45) is 0 Å². The van der Waals surface area contributed by atoms with Crippen LogP contribution in [0.2, 0.25) is 0 Å². The van der Waals surface area contributed by atoms with E-state index in [0.717, 1.165) is 10.0 Å². The van der Waals surface area contributed by atoms with Gasteiger partial charge in [-0.25, -0.2) is 12.7 Å². The molecule has 1 N–H and O–H groups in total. The predicted molar refractivity (Wildman–Crippen MR) is 116 cm³/mol. The quantitative estimate of drug-likeness (QED) is 0.551. The molecule has 6 nitrogen and oxygen atoms in total. The molecule has 0 saturated heterocycles. The first kappa shape index (κ1) is 23.3. The fourth-order valence-corrected chi connectivity index (χ4v) is 4.25. The Kier molecular flexibility index (Phi) is 8.13. The molecule has 0 aromatic heterocycles. The van der Waals surface area contributed by atoms with Gasteiger partial charge in [-0.2, -0.15) is 0 Å². The van der Waals surface area contributed by atoms with E-state index in [2.05, 4.69) is 21.2 Å². The zero-order valence-corrected chi connectivity index (χ0v) is 19.1. The Morgan fingerprint density at radius 3 is 2.21 bits per heavy atom. The summed E-state index contributed by atoms with van der Waals surface area (Å²) in [5, 5.41) is 2.92. The largest absolute Gasteiger partial charge is 0.350 e. The maximum absolute atomic E-state index is 12.6. The molecule has 0 fully saturated rings. The second kappa shape index (κ2) is 10.1. The van der Waals surface area contributed by atoms with E-state index in [0.29, 0.717) is 12.0 Å². The second-order valence-corrected chi connectivity index (χ2v) is 9.81. The second-order valence-electron chi connectivity index (χ2n) is 6.85. The lowest BCUT2D eigenvalue weighted by atomic mass is 10.1. The first-order valence-corrected chi connectivity index (χ1v) is 11.5. The van der Waals surface area contributed by atoms with Gasteiger partial charge >= 0.3 is 0 Å². The van der Waals surface area contributed by atoms with Crippen molar-refractivity contribution in [3.8, 4) is 0 Å². The summed E-state index contributed by atoms with van der Waals surface area (Å²) >= 11 is 3.38. The van der Waals surface area contributed by atoms with Crippen LogP contribution in [0.3, 0.4) is 0 Å². The van der Waals surface area contributed by atoms with Crippen molar-refractivity contribution in [3.63, 3.8) is 0 Å². The van der Waals surface area contributed by atoms with Gasteiger partial charge in [0.15, 0.2) is 5.78 Å². The van der Waals surface area contributed by atoms with E-state index in [-0.39, 0.29) is 35.6 Å². The fourth-order valence-electron chi connectivity index (χ4n) is 2.77. The number of benzene rings is 2. The zero-order valence-electron chi connectivity index (χ0n) is 16.7. The molecule has 2 aromatic carbocycles. The topological polar surface area (TPSA) is 83.6 Å². The van der Waals surface area contributed by atoms with Gasteiger partial charge in [0.1, 0.15) is 0 Å². The molecule has 156 valence electrons. The number of ketones is 1. The van der Waals surface area contributed by atoms with Crippen LogP contribution in [-0.4, -0.2) is 38.0 Å². The number of hydrogen-bond donors (Lipinski definition) is 1. The van der Waals surface area contributed by atoms with E-state index in [4.69, 9.17) is 0 Å². The van der Waals surface area contributed by atoms with Crippen LogP contribution in [0.15, 0.2) is 57.9 Å². The Morgan fingerprint density at radius 1 is 1.07 bits per heavy atom. The SMILES string of the molecule is CC(=O)c1ccc(S(=O)(=O)N(C)CCCC(=O)NC(C)c2ccc(Br)cc2)cc1. The molecule has 1 amide bonds. The number of carbonyl (C=O) groups excluding carboxylic acids is 2. The normalized spacial score (nSPS) is 12.6. The van der Waals surface area contributed by atoms with Crippen molar-refractivity contribution in [3.05, 3.63) is 64.1 Å². The Hall–Kier alpha value is -2.03. The number of carbonyl (C=O) groups is 2. The van der Waals surface area contributed by atoms with Gasteiger partial charge in [-0.05, 0) is 50.1 Å². The first-order chi connectivity index (χ1) is 13.6. The molecule has 2 aromatic rings. The summed E-state index contributed by atoms with van der Waals surface area (Å²) in [5.41, 5.74) is 1.46. The number of nitrogens with zero attached hydrogens (tertiary/aromatic N) is 1. The lowest BCUT2D eigenvalue weighted by Crippen LogP contribution is -2.30. The molecule has 1 atom stereocenters. The van der Waals surface area contributed by atoms with Crippen LogP contribution in [0.4, 0.5) is 0 Å². The molecule has 0 aliphatic carbocycles. The lowest BCUT2D eigenvalue weighted by molar-refractivity contribution is -0.121. The molecular formula is C21H25BrN2O4S. The number of Topliss-reactive ketones (excluding diaryl/α,β-unsaturated/α-hetero) is 1. The molecule has 2 rings (SSSR count). The number of amides is 1. The van der Waals surface area contributed by atoms with Crippen LogP contribution in [0.25, 0.3) is 0 Å². The Balaban J connectivity index is 1.86. The van der Waals surface area contributed by atoms with Crippen LogP contribution >= 0.6 is 15.9 Å². The highest BCUT2D eigenvalue weighted by Gasteiger charge is 2.21. The summed E-state index contributed by atoms with van der Waals surface area (Å²) in [7, 11) is -2.18. The lowest BCUT2D eigenvalue weighted by Gasteiger charge is -2.18. The Morgan fingerprint density at radius 2 is 1.66 bits per heavy atom. The standard InChI is InChI=1S/C21H25BrN2O4S/c1-15(17-6-10-19(22)11-7-17)23-21(26)5-4-14-24(3)29(27,28)20-12-8-18(9-13-20)16(2)25/h6-13,15H,4-5,14H2,1-3H3,(H,23,26). The maximum atomic E-state index is 12.6. The van der Waals surface area contributed by atoms with Crippen molar-refractivity contribution in [2.45, 2.75) is 37.6 Å². The molecule has 1 unspecified atom stereocenters. The number of halogens is 1. The molecule has 0 bridgehead atoms. The summed E-state index contributed by atoms with van der Waals surface area (Å²) in [6.07, 6.45) is 0.629. The molecule has 0 aliphatic heterocycles. The molecule has 0 heterocycles. The smallest absolute Gasteiger partial charge is 0.242 e. The maximum Gasteiger partial charge on any atom is 0.242 e. The van der Waals surface area contributed by atoms with Gasteiger partial charge < -0.3 is 5.32 Å². The van der Waals surface area contributed by atoms with Crippen molar-refractivity contribution >= 4 is 37.6 Å². The van der Waals surface area contributed by atoms with Crippen LogP contribution in [-0.2, 0) is 14.8 Å². The number of nitrogens with one attached hydrogen (secondary N) is 1. The zero-order chi connectivity index (χ0) is 21.6. The third-order valence-corrected chi connectivity index (χ3v) is 6.99. The molecule has 0 aliphatic rings. The third kappa shape index (κ3) is 6.48. The van der Waals surface area contributed by atoms with Gasteiger partial charge in [0.25, 0.3) is 0 Å². The van der Waals surface area contributed by atoms with Gasteiger partial charge in [0.05, 0.1) is 10.9 Å². The third-order valence-electron chi connectivity index (χ3n) is 4.59. The molecule has 29 heavy (non-hydrogen) atoms. The molecule has 0 saturated carbocycles. The minimum atomic E-state index is -3.66. The highest BCUT2D eigenvalue weighted by Crippen LogP contribution is 2.18. The number of sulfonamides is 1. The summed E-state index contributed by atoms with van der Waals surface area (Å²) < 4.78 is 27.4. The van der Waals surface area contributed by atoms with Crippen LogP contribution in [0, 0.1) is 0 Å². The summed E-state index contributed by atoms with van der Waals surface area (Å²) in [4.78, 5) is 23.6. The van der Waals surface area contributed by atoms with Crippen molar-refractivity contribution < 1.29 is 18.0 Å². The van der Waals surface area contributed by atoms with Gasteiger partial charge in [-0.3, -0.25) is 9.59 Å². The molecular weight excluding hydrogens is 456 g/mol. The molecule has 0 radical (unpaired) electrons. The Bertz CT molecular complexity index is 957. The van der Waals surface area contributed by atoms with Crippen molar-refractivity contribution in [2.75, 3.05) is 13.6 Å². The van der Waals surface area contributed by atoms with Crippen LogP contribution in [0.5, 0.6) is 0 Å². The van der Waals surface area contributed by atoms with E-state index in [1.54, 1.807) is 0 Å². The monoisotopic (exact) mass is 480 g/mol. The molecule has 0 spiro atoms. The first-order valence-electron chi connectivity index (χ1n) is 9.23. The minimum absolute atomic E-state index is 0.120. The van der Waals surface area contributed by atoms with Crippen LogP contribution < -0.4 is 5.32 Å². The van der Waals surface area contributed by atoms with E-state index < -0.39 is 10.0 Å². The molecule has 8 heteroatoms. The summed E-state index contributed by atoms with van der Waals surface area (Å²) in [6, 6.07) is 13.4. The number of hydrogen-bond acceptors (Lipinski definition) is 4. The fraction of sp³-hybridized carbons (Fsp3) is 0.333. The summed E-state index contributed by atoms with van der Waals surface area (Å²) in [5.74, 6) is -0.247. The highest BCUT2D eigenvalue weighted by molar-refractivity contribution is 9.10. The van der Waals surface area contributed by atoms with E-state index >= 15 is 0 Å². The summed E-state index contributed by atoms with van der Waals surface area (Å²) in [6.45, 7) is 3.55. The van der Waals surface area contributed by atoms with Crippen LogP contribution in [0.1, 0.15) is 48.7 Å².